The Morgan fingerprint density at radius 2 is 2.09 bits per heavy atom. The van der Waals surface area contributed by atoms with Gasteiger partial charge in [-0.25, -0.2) is 0 Å². The zero-order chi connectivity index (χ0) is 8.69. The van der Waals surface area contributed by atoms with E-state index in [4.69, 9.17) is 34.8 Å². The van der Waals surface area contributed by atoms with Gasteiger partial charge in [0.1, 0.15) is 4.84 Å². The van der Waals surface area contributed by atoms with Crippen LogP contribution in [0, 0.1) is 0 Å². The van der Waals surface area contributed by atoms with E-state index in [0.717, 1.165) is 18.5 Å². The van der Waals surface area contributed by atoms with Gasteiger partial charge in [-0.05, 0) is 24.1 Å². The average molecular weight is 234 g/mol. The number of halogens is 3. The first-order chi connectivity index (χ1) is 5.13. The van der Waals surface area contributed by atoms with Crippen molar-refractivity contribution in [1.82, 2.24) is 0 Å². The molecule has 66 valence electrons. The summed E-state index contributed by atoms with van der Waals surface area (Å²) in [5.74, 6) is 0. The first-order valence-electron chi connectivity index (χ1n) is 3.59. The van der Waals surface area contributed by atoms with Gasteiger partial charge in [0.05, 0.1) is 0 Å². The van der Waals surface area contributed by atoms with Crippen molar-refractivity contribution in [2.24, 2.45) is 0 Å². The van der Waals surface area contributed by atoms with E-state index >= 15 is 0 Å². The van der Waals surface area contributed by atoms with Crippen LogP contribution >= 0.6 is 34.8 Å². The Morgan fingerprint density at radius 1 is 1.45 bits per heavy atom. The van der Waals surface area contributed by atoms with Crippen molar-refractivity contribution in [3.05, 3.63) is 0 Å². The molecule has 1 nitrogen and oxygen atoms in total. The Hall–Kier alpha value is 0.757. The highest BCUT2D eigenvalue weighted by Gasteiger charge is 2.00. The molecule has 0 rings (SSSR count). The Balaban J connectivity index is 2.97. The molecule has 0 aromatic rings. The molecular weight excluding hydrogens is 223 g/mol. The standard InChI is InChI=1S/C6H11Cl3OSi/c7-5(8)4-11-3-1-2-6(9)10/h5H,1-4,11H2. The number of hydrogen-bond donors (Lipinski definition) is 0. The lowest BCUT2D eigenvalue weighted by molar-refractivity contribution is -0.111. The van der Waals surface area contributed by atoms with Crippen LogP contribution in [0.15, 0.2) is 0 Å². The van der Waals surface area contributed by atoms with Gasteiger partial charge in [-0.1, -0.05) is 6.04 Å². The molecule has 0 unspecified atom stereocenters. The van der Waals surface area contributed by atoms with E-state index in [1.54, 1.807) is 0 Å². The van der Waals surface area contributed by atoms with E-state index in [9.17, 15) is 4.79 Å². The fourth-order valence-corrected chi connectivity index (χ4v) is 3.00. The quantitative estimate of drug-likeness (QED) is 0.298. The monoisotopic (exact) mass is 232 g/mol. The fraction of sp³-hybridized carbons (Fsp3) is 0.833. The topological polar surface area (TPSA) is 17.1 Å². The number of carbonyl (C=O) groups excluding carboxylic acids is 1. The summed E-state index contributed by atoms with van der Waals surface area (Å²) < 4.78 is 0. The molecule has 0 bridgehead atoms. The second-order valence-electron chi connectivity index (χ2n) is 2.35. The fourth-order valence-electron chi connectivity index (χ4n) is 0.739. The highest BCUT2D eigenvalue weighted by Crippen LogP contribution is 2.09. The van der Waals surface area contributed by atoms with Crippen LogP contribution in [0.1, 0.15) is 12.8 Å². The first-order valence-corrected chi connectivity index (χ1v) is 6.84. The van der Waals surface area contributed by atoms with E-state index in [-0.39, 0.29) is 19.6 Å². The third-order valence-corrected chi connectivity index (χ3v) is 4.64. The van der Waals surface area contributed by atoms with Crippen molar-refractivity contribution in [1.29, 1.82) is 0 Å². The Labute approximate surface area is 84.2 Å². The molecule has 0 saturated heterocycles. The molecule has 0 radical (unpaired) electrons. The molecule has 5 heteroatoms. The lowest BCUT2D eigenvalue weighted by Gasteiger charge is -1.98. The van der Waals surface area contributed by atoms with Crippen LogP contribution in [0.4, 0.5) is 0 Å². The molecule has 0 atom stereocenters. The summed E-state index contributed by atoms with van der Waals surface area (Å²) in [6.07, 6.45) is 1.39. The Morgan fingerprint density at radius 3 is 2.55 bits per heavy atom. The van der Waals surface area contributed by atoms with E-state index in [0.29, 0.717) is 6.42 Å². The molecule has 11 heavy (non-hydrogen) atoms. The van der Waals surface area contributed by atoms with Crippen LogP contribution in [0.2, 0.25) is 12.1 Å². The molecule has 0 amide bonds. The molecule has 0 aliphatic heterocycles. The molecule has 0 spiro atoms. The van der Waals surface area contributed by atoms with E-state index in [1.807, 2.05) is 0 Å². The minimum absolute atomic E-state index is 0.154. The zero-order valence-corrected chi connectivity index (χ0v) is 9.84. The zero-order valence-electron chi connectivity index (χ0n) is 6.16. The van der Waals surface area contributed by atoms with E-state index in [1.165, 1.54) is 0 Å². The second-order valence-corrected chi connectivity index (χ2v) is 6.04. The van der Waals surface area contributed by atoms with Gasteiger partial charge >= 0.3 is 0 Å². The SMILES string of the molecule is O=C(Cl)CCC[SiH2]CC(Cl)Cl. The van der Waals surface area contributed by atoms with Crippen molar-refractivity contribution in [3.8, 4) is 0 Å². The molecule has 0 aromatic carbocycles. The van der Waals surface area contributed by atoms with Crippen LogP contribution in [-0.4, -0.2) is 19.6 Å². The minimum atomic E-state index is -0.243. The third kappa shape index (κ3) is 10.8. The van der Waals surface area contributed by atoms with Crippen LogP contribution in [0.3, 0.4) is 0 Å². The first kappa shape index (κ1) is 11.8. The van der Waals surface area contributed by atoms with Gasteiger partial charge in [0, 0.05) is 15.9 Å². The molecular formula is C6H11Cl3OSi. The summed E-state index contributed by atoms with van der Waals surface area (Å²) in [6, 6.07) is 2.04. The van der Waals surface area contributed by atoms with Crippen molar-refractivity contribution in [3.63, 3.8) is 0 Å². The Kier molecular flexibility index (Phi) is 7.92. The molecule has 0 fully saturated rings. The molecule has 0 aromatic heterocycles. The molecule has 0 saturated carbocycles. The van der Waals surface area contributed by atoms with Crippen LogP contribution in [0.25, 0.3) is 0 Å². The number of hydrogen-bond acceptors (Lipinski definition) is 1. The van der Waals surface area contributed by atoms with Gasteiger partial charge < -0.3 is 0 Å². The molecule has 0 aliphatic rings. The minimum Gasteiger partial charge on any atom is -0.281 e. The third-order valence-electron chi connectivity index (χ3n) is 1.30. The summed E-state index contributed by atoms with van der Waals surface area (Å²) >= 11 is 16.2. The summed E-state index contributed by atoms with van der Waals surface area (Å²) in [7, 11) is -0.154. The van der Waals surface area contributed by atoms with Gasteiger partial charge in [0.2, 0.25) is 5.24 Å². The largest absolute Gasteiger partial charge is 0.281 e. The lowest BCUT2D eigenvalue weighted by Crippen LogP contribution is -1.96. The lowest BCUT2D eigenvalue weighted by atomic mass is 10.4. The smallest absolute Gasteiger partial charge is 0.221 e. The maximum atomic E-state index is 10.3. The highest BCUT2D eigenvalue weighted by atomic mass is 35.5. The normalized spacial score (nSPS) is 11.6. The maximum absolute atomic E-state index is 10.3. The maximum Gasteiger partial charge on any atom is 0.221 e. The molecule has 0 heterocycles. The summed E-state index contributed by atoms with van der Waals surface area (Å²) in [5.41, 5.74) is 0. The molecule has 0 N–H and O–H groups in total. The van der Waals surface area contributed by atoms with Gasteiger partial charge in [0.25, 0.3) is 0 Å². The second kappa shape index (κ2) is 7.41. The summed E-state index contributed by atoms with van der Waals surface area (Å²) in [5, 5.41) is -0.243. The average Bonchev–Trinajstić information content (AvgIpc) is 1.85. The predicted molar refractivity (Wildman–Crippen MR) is 53.7 cm³/mol. The van der Waals surface area contributed by atoms with Crippen molar-refractivity contribution in [2.75, 3.05) is 0 Å². The van der Waals surface area contributed by atoms with Crippen LogP contribution in [0.5, 0.6) is 0 Å². The van der Waals surface area contributed by atoms with Crippen LogP contribution in [-0.2, 0) is 4.79 Å². The van der Waals surface area contributed by atoms with Crippen LogP contribution < -0.4 is 0 Å². The van der Waals surface area contributed by atoms with Gasteiger partial charge in [-0.3, -0.25) is 4.79 Å². The number of rotatable bonds is 6. The summed E-state index contributed by atoms with van der Waals surface area (Å²) in [6.45, 7) is 0. The highest BCUT2D eigenvalue weighted by molar-refractivity contribution is 6.63. The summed E-state index contributed by atoms with van der Waals surface area (Å²) in [4.78, 5) is 10.1. The van der Waals surface area contributed by atoms with Crippen molar-refractivity contribution >= 4 is 49.6 Å². The van der Waals surface area contributed by atoms with Crippen molar-refractivity contribution < 1.29 is 4.79 Å². The van der Waals surface area contributed by atoms with Gasteiger partial charge in [-0.2, -0.15) is 0 Å². The van der Waals surface area contributed by atoms with Crippen molar-refractivity contribution in [2.45, 2.75) is 29.8 Å². The predicted octanol–water partition coefficient (Wildman–Crippen LogP) is 2.34. The molecule has 0 aliphatic carbocycles. The van der Waals surface area contributed by atoms with E-state index < -0.39 is 0 Å². The van der Waals surface area contributed by atoms with Gasteiger partial charge in [-0.15, -0.1) is 23.2 Å². The van der Waals surface area contributed by atoms with E-state index in [2.05, 4.69) is 0 Å². The Bertz CT molecular complexity index is 118. The number of carbonyl (C=O) groups is 1. The number of alkyl halides is 2. The van der Waals surface area contributed by atoms with Gasteiger partial charge in [0.15, 0.2) is 0 Å².